The quantitative estimate of drug-likeness (QED) is 0.640. The zero-order valence-corrected chi connectivity index (χ0v) is 20.5. The summed E-state index contributed by atoms with van der Waals surface area (Å²) < 4.78 is 48.1. The van der Waals surface area contributed by atoms with Gasteiger partial charge in [-0.2, -0.15) is 18.2 Å². The Hall–Kier alpha value is -2.23. The molecular weight excluding hydrogens is 463 g/mol. The zero-order chi connectivity index (χ0) is 24.5. The molecule has 1 saturated heterocycles. The third-order valence-electron chi connectivity index (χ3n) is 6.07. The van der Waals surface area contributed by atoms with Gasteiger partial charge in [-0.1, -0.05) is 32.9 Å². The number of carbonyl (C=O) groups is 1. The second kappa shape index (κ2) is 9.79. The molecule has 5 nitrogen and oxygen atoms in total. The Morgan fingerprint density at radius 1 is 1.29 bits per heavy atom. The first-order chi connectivity index (χ1) is 16.0. The van der Waals surface area contributed by atoms with Crippen LogP contribution in [0.3, 0.4) is 0 Å². The molecule has 0 aliphatic carbocycles. The molecule has 184 valence electrons. The van der Waals surface area contributed by atoms with Crippen LogP contribution in [0, 0.1) is 0 Å². The molecule has 34 heavy (non-hydrogen) atoms. The SMILES string of the molecule is CC(C)(C)c1cn(C[C@H]2CCCO2)/c(=N/C(=O)c2cc(C(F)(F)F)ccc2C2=CCNCC2)s1. The largest absolute Gasteiger partial charge is 0.416 e. The highest BCUT2D eigenvalue weighted by atomic mass is 32.1. The number of amides is 1. The van der Waals surface area contributed by atoms with Crippen molar-refractivity contribution in [2.24, 2.45) is 4.99 Å². The minimum absolute atomic E-state index is 0.0163. The van der Waals surface area contributed by atoms with Gasteiger partial charge in [0.05, 0.1) is 18.2 Å². The van der Waals surface area contributed by atoms with Crippen LogP contribution in [0.1, 0.15) is 66.4 Å². The molecule has 1 atom stereocenters. The maximum Gasteiger partial charge on any atom is 0.416 e. The van der Waals surface area contributed by atoms with Crippen LogP contribution < -0.4 is 10.1 Å². The lowest BCUT2D eigenvalue weighted by molar-refractivity contribution is -0.137. The van der Waals surface area contributed by atoms with Crippen molar-refractivity contribution in [3.05, 3.63) is 56.8 Å². The van der Waals surface area contributed by atoms with E-state index in [0.29, 0.717) is 43.0 Å². The average molecular weight is 494 g/mol. The van der Waals surface area contributed by atoms with Crippen molar-refractivity contribution in [3.63, 3.8) is 0 Å². The summed E-state index contributed by atoms with van der Waals surface area (Å²) in [4.78, 5) is 19.3. The van der Waals surface area contributed by atoms with E-state index in [9.17, 15) is 18.0 Å². The van der Waals surface area contributed by atoms with E-state index >= 15 is 0 Å². The zero-order valence-electron chi connectivity index (χ0n) is 19.7. The van der Waals surface area contributed by atoms with Crippen LogP contribution >= 0.6 is 11.3 Å². The Labute approximate surface area is 201 Å². The number of hydrogen-bond acceptors (Lipinski definition) is 4. The van der Waals surface area contributed by atoms with E-state index in [1.54, 1.807) is 0 Å². The van der Waals surface area contributed by atoms with E-state index in [0.717, 1.165) is 35.4 Å². The molecule has 2 aromatic rings. The first-order valence-electron chi connectivity index (χ1n) is 11.5. The summed E-state index contributed by atoms with van der Waals surface area (Å²) in [6, 6.07) is 3.38. The number of hydrogen-bond donors (Lipinski definition) is 1. The van der Waals surface area contributed by atoms with Crippen LogP contribution in [0.4, 0.5) is 13.2 Å². The van der Waals surface area contributed by atoms with Crippen LogP contribution in [0.2, 0.25) is 0 Å². The molecule has 4 rings (SSSR count). The van der Waals surface area contributed by atoms with E-state index in [4.69, 9.17) is 4.74 Å². The van der Waals surface area contributed by atoms with Crippen molar-refractivity contribution in [3.8, 4) is 0 Å². The predicted octanol–water partition coefficient (Wildman–Crippen LogP) is 5.16. The molecule has 0 unspecified atom stereocenters. The van der Waals surface area contributed by atoms with E-state index in [1.165, 1.54) is 17.4 Å². The van der Waals surface area contributed by atoms with Gasteiger partial charge < -0.3 is 14.6 Å². The van der Waals surface area contributed by atoms with Gasteiger partial charge in [-0.05, 0) is 54.5 Å². The summed E-state index contributed by atoms with van der Waals surface area (Å²) >= 11 is 1.40. The average Bonchev–Trinajstić information content (AvgIpc) is 3.44. The molecular formula is C25H30F3N3O2S. The van der Waals surface area contributed by atoms with Crippen molar-refractivity contribution in [1.29, 1.82) is 0 Å². The standard InChI is InChI=1S/C25H30F3N3O2S/c1-24(2,3)21-15-31(14-18-5-4-12-33-18)23(34-21)30-22(32)20-13-17(25(26,27)28)6-7-19(20)16-8-10-29-11-9-16/h6-8,13,15,18,29H,4-5,9-12,14H2,1-3H3/b30-23-/t18-/m1/s1. The molecule has 1 N–H and O–H groups in total. The van der Waals surface area contributed by atoms with E-state index in [1.807, 2.05) is 16.8 Å². The summed E-state index contributed by atoms with van der Waals surface area (Å²) in [5.74, 6) is -0.663. The van der Waals surface area contributed by atoms with Crippen molar-refractivity contribution in [2.75, 3.05) is 19.7 Å². The van der Waals surface area contributed by atoms with Gasteiger partial charge in [0, 0.05) is 29.8 Å². The second-order valence-corrected chi connectivity index (χ2v) is 10.8. The minimum Gasteiger partial charge on any atom is -0.376 e. The smallest absolute Gasteiger partial charge is 0.376 e. The Balaban J connectivity index is 1.79. The second-order valence-electron chi connectivity index (χ2n) is 9.77. The fraction of sp³-hybridized carbons (Fsp3) is 0.520. The Morgan fingerprint density at radius 3 is 2.71 bits per heavy atom. The van der Waals surface area contributed by atoms with Gasteiger partial charge in [-0.25, -0.2) is 0 Å². The summed E-state index contributed by atoms with van der Waals surface area (Å²) in [6.45, 7) is 8.83. The third kappa shape index (κ3) is 5.70. The first-order valence-corrected chi connectivity index (χ1v) is 12.4. The van der Waals surface area contributed by atoms with E-state index < -0.39 is 17.6 Å². The van der Waals surface area contributed by atoms with Gasteiger partial charge in [0.25, 0.3) is 5.91 Å². The maximum absolute atomic E-state index is 13.5. The van der Waals surface area contributed by atoms with Crippen LogP contribution in [0.15, 0.2) is 35.5 Å². The third-order valence-corrected chi connectivity index (χ3v) is 7.51. The molecule has 2 aliphatic rings. The van der Waals surface area contributed by atoms with Crippen molar-refractivity contribution in [1.82, 2.24) is 9.88 Å². The van der Waals surface area contributed by atoms with Gasteiger partial charge in [0.1, 0.15) is 0 Å². The summed E-state index contributed by atoms with van der Waals surface area (Å²) in [6.07, 6.45) is 1.96. The van der Waals surface area contributed by atoms with Gasteiger partial charge in [-0.15, -0.1) is 11.3 Å². The van der Waals surface area contributed by atoms with Crippen LogP contribution in [-0.4, -0.2) is 36.3 Å². The highest BCUT2D eigenvalue weighted by Gasteiger charge is 2.32. The summed E-state index contributed by atoms with van der Waals surface area (Å²) in [5.41, 5.74) is 0.359. The molecule has 3 heterocycles. The topological polar surface area (TPSA) is 55.6 Å². The number of ether oxygens (including phenoxy) is 1. The number of aromatic nitrogens is 1. The molecule has 0 saturated carbocycles. The number of thiazole rings is 1. The molecule has 9 heteroatoms. The number of carbonyl (C=O) groups excluding carboxylic acids is 1. The Kier molecular flexibility index (Phi) is 7.17. The molecule has 0 bridgehead atoms. The molecule has 1 fully saturated rings. The van der Waals surface area contributed by atoms with Crippen molar-refractivity contribution < 1.29 is 22.7 Å². The van der Waals surface area contributed by atoms with Crippen molar-refractivity contribution >= 4 is 22.8 Å². The highest BCUT2D eigenvalue weighted by molar-refractivity contribution is 7.09. The lowest BCUT2D eigenvalue weighted by Gasteiger charge is -2.18. The highest BCUT2D eigenvalue weighted by Crippen LogP contribution is 2.33. The molecule has 1 amide bonds. The Morgan fingerprint density at radius 2 is 2.09 bits per heavy atom. The van der Waals surface area contributed by atoms with Gasteiger partial charge in [0.2, 0.25) is 0 Å². The molecule has 1 aromatic heterocycles. The number of halogens is 3. The van der Waals surface area contributed by atoms with Crippen molar-refractivity contribution in [2.45, 2.75) is 64.3 Å². The lowest BCUT2D eigenvalue weighted by Crippen LogP contribution is -2.24. The number of nitrogens with zero attached hydrogens (tertiary/aromatic N) is 2. The van der Waals surface area contributed by atoms with Crippen LogP contribution in [0.5, 0.6) is 0 Å². The molecule has 0 radical (unpaired) electrons. The van der Waals surface area contributed by atoms with Gasteiger partial charge in [0.15, 0.2) is 4.80 Å². The number of benzene rings is 1. The predicted molar refractivity (Wildman–Crippen MR) is 127 cm³/mol. The summed E-state index contributed by atoms with van der Waals surface area (Å²) in [7, 11) is 0. The lowest BCUT2D eigenvalue weighted by atomic mass is 9.93. The number of nitrogens with one attached hydrogen (secondary N) is 1. The fourth-order valence-electron chi connectivity index (χ4n) is 4.14. The van der Waals surface area contributed by atoms with E-state index in [-0.39, 0.29) is 17.1 Å². The molecule has 1 aromatic carbocycles. The molecule has 0 spiro atoms. The monoisotopic (exact) mass is 493 g/mol. The van der Waals surface area contributed by atoms with Crippen LogP contribution in [-0.2, 0) is 22.9 Å². The minimum atomic E-state index is -4.54. The first kappa shape index (κ1) is 24.9. The maximum atomic E-state index is 13.5. The van der Waals surface area contributed by atoms with Gasteiger partial charge >= 0.3 is 6.18 Å². The Bertz CT molecular complexity index is 1150. The summed E-state index contributed by atoms with van der Waals surface area (Å²) in [5, 5.41) is 3.19. The normalized spacial score (nSPS) is 20.0. The molecule has 2 aliphatic heterocycles. The van der Waals surface area contributed by atoms with E-state index in [2.05, 4.69) is 31.1 Å². The van der Waals surface area contributed by atoms with Gasteiger partial charge in [-0.3, -0.25) is 4.79 Å². The number of rotatable bonds is 4. The fourth-order valence-corrected chi connectivity index (χ4v) is 5.20. The van der Waals surface area contributed by atoms with Crippen LogP contribution in [0.25, 0.3) is 5.57 Å². The number of alkyl halides is 3.